The van der Waals surface area contributed by atoms with E-state index < -0.39 is 0 Å². The van der Waals surface area contributed by atoms with Crippen LogP contribution in [-0.4, -0.2) is 17.8 Å². The van der Waals surface area contributed by atoms with Gasteiger partial charge in [0, 0.05) is 6.42 Å². The van der Waals surface area contributed by atoms with Crippen molar-refractivity contribution < 1.29 is 9.84 Å². The van der Waals surface area contributed by atoms with Gasteiger partial charge in [0.05, 0.1) is 12.7 Å². The summed E-state index contributed by atoms with van der Waals surface area (Å²) in [6, 6.07) is 7.90. The number of aliphatic hydroxyl groups is 1. The van der Waals surface area contributed by atoms with Gasteiger partial charge in [-0.2, -0.15) is 0 Å². The van der Waals surface area contributed by atoms with Crippen molar-refractivity contribution in [3.63, 3.8) is 0 Å². The summed E-state index contributed by atoms with van der Waals surface area (Å²) in [4.78, 5) is 0. The lowest BCUT2D eigenvalue weighted by molar-refractivity contribution is 0.142. The normalized spacial score (nSPS) is 12.1. The SMILES string of the molecule is C=CCC(O)CCOc1cccc(C)c1. The van der Waals surface area contributed by atoms with Crippen molar-refractivity contribution in [1.82, 2.24) is 0 Å². The molecular formula is C13H18O2. The van der Waals surface area contributed by atoms with E-state index in [9.17, 15) is 5.11 Å². The smallest absolute Gasteiger partial charge is 0.119 e. The first-order chi connectivity index (χ1) is 7.22. The molecule has 0 aliphatic carbocycles. The van der Waals surface area contributed by atoms with E-state index >= 15 is 0 Å². The van der Waals surface area contributed by atoms with Crippen LogP contribution in [0, 0.1) is 6.92 Å². The lowest BCUT2D eigenvalue weighted by Crippen LogP contribution is -2.10. The third kappa shape index (κ3) is 4.66. The molecule has 1 rings (SSSR count). The summed E-state index contributed by atoms with van der Waals surface area (Å²) in [5.41, 5.74) is 1.18. The van der Waals surface area contributed by atoms with Gasteiger partial charge < -0.3 is 9.84 Å². The first-order valence-corrected chi connectivity index (χ1v) is 5.21. The molecule has 1 aromatic carbocycles. The van der Waals surface area contributed by atoms with Crippen LogP contribution in [-0.2, 0) is 0 Å². The van der Waals surface area contributed by atoms with E-state index in [2.05, 4.69) is 6.58 Å². The van der Waals surface area contributed by atoms with Crippen LogP contribution < -0.4 is 4.74 Å². The summed E-state index contributed by atoms with van der Waals surface area (Å²) in [7, 11) is 0. The number of hydrogen-bond donors (Lipinski definition) is 1. The second-order valence-corrected chi connectivity index (χ2v) is 3.63. The highest BCUT2D eigenvalue weighted by molar-refractivity contribution is 5.27. The molecule has 0 radical (unpaired) electrons. The number of hydrogen-bond acceptors (Lipinski definition) is 2. The molecule has 0 saturated heterocycles. The number of aliphatic hydroxyl groups excluding tert-OH is 1. The minimum Gasteiger partial charge on any atom is -0.493 e. The largest absolute Gasteiger partial charge is 0.493 e. The fourth-order valence-corrected chi connectivity index (χ4v) is 1.33. The van der Waals surface area contributed by atoms with E-state index in [1.807, 2.05) is 31.2 Å². The maximum Gasteiger partial charge on any atom is 0.119 e. The predicted octanol–water partition coefficient (Wildman–Crippen LogP) is 2.70. The van der Waals surface area contributed by atoms with E-state index in [4.69, 9.17) is 4.74 Å². The van der Waals surface area contributed by atoms with E-state index in [0.717, 1.165) is 5.75 Å². The van der Waals surface area contributed by atoms with Crippen molar-refractivity contribution in [2.45, 2.75) is 25.9 Å². The molecule has 0 spiro atoms. The molecule has 1 N–H and O–H groups in total. The van der Waals surface area contributed by atoms with Crippen LogP contribution in [0.4, 0.5) is 0 Å². The number of aryl methyl sites for hydroxylation is 1. The molecule has 2 heteroatoms. The Balaban J connectivity index is 2.28. The molecule has 0 aliphatic heterocycles. The van der Waals surface area contributed by atoms with E-state index in [1.165, 1.54) is 5.56 Å². The van der Waals surface area contributed by atoms with Gasteiger partial charge in [-0.1, -0.05) is 18.2 Å². The summed E-state index contributed by atoms with van der Waals surface area (Å²) in [5, 5.41) is 9.43. The van der Waals surface area contributed by atoms with Crippen LogP contribution >= 0.6 is 0 Å². The molecule has 1 aromatic rings. The Morgan fingerprint density at radius 1 is 1.53 bits per heavy atom. The Hall–Kier alpha value is -1.28. The van der Waals surface area contributed by atoms with Crippen LogP contribution in [0.1, 0.15) is 18.4 Å². The van der Waals surface area contributed by atoms with Crippen molar-refractivity contribution in [3.8, 4) is 5.75 Å². The minimum atomic E-state index is -0.340. The highest BCUT2D eigenvalue weighted by Gasteiger charge is 2.01. The zero-order chi connectivity index (χ0) is 11.1. The molecule has 1 atom stereocenters. The zero-order valence-electron chi connectivity index (χ0n) is 9.15. The lowest BCUT2D eigenvalue weighted by Gasteiger charge is -2.09. The maximum absolute atomic E-state index is 9.43. The Kier molecular flexibility index (Phi) is 4.91. The van der Waals surface area contributed by atoms with Gasteiger partial charge in [-0.25, -0.2) is 0 Å². The highest BCUT2D eigenvalue weighted by atomic mass is 16.5. The van der Waals surface area contributed by atoms with Crippen LogP contribution in [0.15, 0.2) is 36.9 Å². The third-order valence-electron chi connectivity index (χ3n) is 2.15. The molecule has 0 saturated carbocycles. The van der Waals surface area contributed by atoms with Crippen molar-refractivity contribution in [1.29, 1.82) is 0 Å². The Bertz CT molecular complexity index is 307. The van der Waals surface area contributed by atoms with Crippen molar-refractivity contribution in [3.05, 3.63) is 42.5 Å². The maximum atomic E-state index is 9.43. The highest BCUT2D eigenvalue weighted by Crippen LogP contribution is 2.13. The number of rotatable bonds is 6. The molecule has 0 aliphatic rings. The second-order valence-electron chi connectivity index (χ2n) is 3.63. The first-order valence-electron chi connectivity index (χ1n) is 5.21. The molecule has 0 heterocycles. The van der Waals surface area contributed by atoms with Crippen molar-refractivity contribution in [2.24, 2.45) is 0 Å². The Morgan fingerprint density at radius 2 is 2.33 bits per heavy atom. The van der Waals surface area contributed by atoms with Gasteiger partial charge in [0.2, 0.25) is 0 Å². The molecule has 82 valence electrons. The summed E-state index contributed by atoms with van der Waals surface area (Å²) in [6.07, 6.45) is 2.64. The van der Waals surface area contributed by atoms with Crippen molar-refractivity contribution >= 4 is 0 Å². The fourth-order valence-electron chi connectivity index (χ4n) is 1.33. The standard InChI is InChI=1S/C13H18O2/c1-3-5-12(14)8-9-15-13-7-4-6-11(2)10-13/h3-4,6-7,10,12,14H,1,5,8-9H2,2H3. The molecule has 0 aromatic heterocycles. The van der Waals surface area contributed by atoms with Crippen molar-refractivity contribution in [2.75, 3.05) is 6.61 Å². The van der Waals surface area contributed by atoms with Gasteiger partial charge in [0.15, 0.2) is 0 Å². The zero-order valence-corrected chi connectivity index (χ0v) is 9.15. The average molecular weight is 206 g/mol. The van der Waals surface area contributed by atoms with Gasteiger partial charge >= 0.3 is 0 Å². The first kappa shape index (κ1) is 11.8. The van der Waals surface area contributed by atoms with Crippen LogP contribution in [0.5, 0.6) is 5.75 Å². The predicted molar refractivity (Wildman–Crippen MR) is 62.1 cm³/mol. The average Bonchev–Trinajstić information content (AvgIpc) is 2.18. The molecule has 0 amide bonds. The molecule has 2 nitrogen and oxygen atoms in total. The van der Waals surface area contributed by atoms with Crippen LogP contribution in [0.2, 0.25) is 0 Å². The molecule has 15 heavy (non-hydrogen) atoms. The van der Waals surface area contributed by atoms with Crippen LogP contribution in [0.25, 0.3) is 0 Å². The van der Waals surface area contributed by atoms with Gasteiger partial charge in [-0.3, -0.25) is 0 Å². The third-order valence-corrected chi connectivity index (χ3v) is 2.15. The van der Waals surface area contributed by atoms with Gasteiger partial charge in [-0.15, -0.1) is 6.58 Å². The molecule has 0 bridgehead atoms. The summed E-state index contributed by atoms with van der Waals surface area (Å²) in [6.45, 7) is 6.15. The van der Waals surface area contributed by atoms with Gasteiger partial charge in [0.1, 0.15) is 5.75 Å². The Morgan fingerprint density at radius 3 is 3.00 bits per heavy atom. The monoisotopic (exact) mass is 206 g/mol. The van der Waals surface area contributed by atoms with Gasteiger partial charge in [-0.05, 0) is 31.0 Å². The molecule has 1 unspecified atom stereocenters. The van der Waals surface area contributed by atoms with E-state index in [1.54, 1.807) is 6.08 Å². The topological polar surface area (TPSA) is 29.5 Å². The van der Waals surface area contributed by atoms with E-state index in [-0.39, 0.29) is 6.10 Å². The lowest BCUT2D eigenvalue weighted by atomic mass is 10.2. The number of benzene rings is 1. The van der Waals surface area contributed by atoms with Crippen LogP contribution in [0.3, 0.4) is 0 Å². The Labute approximate surface area is 91.2 Å². The molecule has 0 fully saturated rings. The summed E-state index contributed by atoms with van der Waals surface area (Å²) in [5.74, 6) is 0.862. The van der Waals surface area contributed by atoms with Gasteiger partial charge in [0.25, 0.3) is 0 Å². The summed E-state index contributed by atoms with van der Waals surface area (Å²) >= 11 is 0. The minimum absolute atomic E-state index is 0.340. The second kappa shape index (κ2) is 6.25. The van der Waals surface area contributed by atoms with E-state index in [0.29, 0.717) is 19.4 Å². The number of ether oxygens (including phenoxy) is 1. The molecular weight excluding hydrogens is 188 g/mol. The quantitative estimate of drug-likeness (QED) is 0.725. The fraction of sp³-hybridized carbons (Fsp3) is 0.385. The summed E-state index contributed by atoms with van der Waals surface area (Å²) < 4.78 is 5.51.